The lowest BCUT2D eigenvalue weighted by atomic mass is 10.0. The maximum atomic E-state index is 13.2. The molecule has 0 aliphatic carbocycles. The van der Waals surface area contributed by atoms with Crippen LogP contribution >= 0.6 is 0 Å². The molecule has 9 heteroatoms. The molecule has 9 nitrogen and oxygen atoms in total. The SMILES string of the molecule is O=C(O)Oc1cccc(-c2cccc(NN=C3C(=O)N(c4ccoc4)c4ccccc43)c2O)c1. The van der Waals surface area contributed by atoms with Crippen LogP contribution in [0.3, 0.4) is 0 Å². The van der Waals surface area contributed by atoms with Crippen molar-refractivity contribution in [1.82, 2.24) is 0 Å². The van der Waals surface area contributed by atoms with Crippen molar-refractivity contribution in [2.24, 2.45) is 5.10 Å². The molecule has 0 radical (unpaired) electrons. The number of anilines is 3. The Hall–Kier alpha value is -5.05. The molecule has 2 heterocycles. The van der Waals surface area contributed by atoms with Gasteiger partial charge < -0.3 is 19.4 Å². The monoisotopic (exact) mass is 455 g/mol. The van der Waals surface area contributed by atoms with Gasteiger partial charge in [0.2, 0.25) is 0 Å². The van der Waals surface area contributed by atoms with Crippen LogP contribution in [0, 0.1) is 0 Å². The number of aromatic hydroxyl groups is 1. The molecular weight excluding hydrogens is 438 g/mol. The molecule has 3 N–H and O–H groups in total. The van der Waals surface area contributed by atoms with Crippen molar-refractivity contribution in [3.8, 4) is 22.6 Å². The lowest BCUT2D eigenvalue weighted by Gasteiger charge is -2.13. The maximum Gasteiger partial charge on any atom is 0.511 e. The molecule has 5 rings (SSSR count). The fraction of sp³-hybridized carbons (Fsp3) is 0. The largest absolute Gasteiger partial charge is 0.511 e. The lowest BCUT2D eigenvalue weighted by Crippen LogP contribution is -2.25. The molecule has 3 aromatic carbocycles. The molecule has 0 saturated carbocycles. The second kappa shape index (κ2) is 8.47. The third kappa shape index (κ3) is 3.71. The number of nitrogens with one attached hydrogen (secondary N) is 1. The molecular formula is C25H17N3O6. The van der Waals surface area contributed by atoms with E-state index in [0.29, 0.717) is 28.1 Å². The summed E-state index contributed by atoms with van der Waals surface area (Å²) in [4.78, 5) is 25.5. The van der Waals surface area contributed by atoms with Crippen LogP contribution in [0.1, 0.15) is 5.56 Å². The average molecular weight is 455 g/mol. The molecule has 0 unspecified atom stereocenters. The summed E-state index contributed by atoms with van der Waals surface area (Å²) in [6.07, 6.45) is 1.53. The number of rotatable bonds is 5. The molecule has 168 valence electrons. The number of furan rings is 1. The molecule has 0 spiro atoms. The van der Waals surface area contributed by atoms with Crippen LogP contribution in [0.4, 0.5) is 21.9 Å². The Morgan fingerprint density at radius 1 is 1.00 bits per heavy atom. The van der Waals surface area contributed by atoms with Gasteiger partial charge in [0.15, 0.2) is 5.71 Å². The van der Waals surface area contributed by atoms with Crippen molar-refractivity contribution in [2.45, 2.75) is 0 Å². The van der Waals surface area contributed by atoms with Crippen molar-refractivity contribution in [2.75, 3.05) is 10.3 Å². The summed E-state index contributed by atoms with van der Waals surface area (Å²) in [5, 5.41) is 24.0. The van der Waals surface area contributed by atoms with E-state index >= 15 is 0 Å². The molecule has 34 heavy (non-hydrogen) atoms. The first-order chi connectivity index (χ1) is 16.5. The number of para-hydroxylation sites is 2. The fourth-order valence-corrected chi connectivity index (χ4v) is 3.76. The van der Waals surface area contributed by atoms with Gasteiger partial charge in [-0.25, -0.2) is 4.79 Å². The number of phenolic OH excluding ortho intramolecular Hbond substituents is 1. The number of ether oxygens (including phenoxy) is 1. The first kappa shape index (κ1) is 20.8. The first-order valence-corrected chi connectivity index (χ1v) is 10.2. The fourth-order valence-electron chi connectivity index (χ4n) is 3.76. The van der Waals surface area contributed by atoms with E-state index in [9.17, 15) is 14.7 Å². The van der Waals surface area contributed by atoms with Crippen molar-refractivity contribution in [1.29, 1.82) is 0 Å². The second-order valence-corrected chi connectivity index (χ2v) is 7.31. The van der Waals surface area contributed by atoms with E-state index in [0.717, 1.165) is 0 Å². The maximum absolute atomic E-state index is 13.2. The van der Waals surface area contributed by atoms with Crippen molar-refractivity contribution in [3.63, 3.8) is 0 Å². The third-order valence-electron chi connectivity index (χ3n) is 5.24. The van der Waals surface area contributed by atoms with Crippen LogP contribution in [0.5, 0.6) is 11.5 Å². The molecule has 4 aromatic rings. The standard InChI is InChI=1S/C25H17N3O6/c29-23-18(15-5-3-6-17(13-15)34-25(31)32)8-4-9-20(23)26-27-22-19-7-1-2-10-21(19)28(24(22)30)16-11-12-33-14-16/h1-14,26,29H,(H,31,32). The van der Waals surface area contributed by atoms with Gasteiger partial charge in [-0.3, -0.25) is 15.1 Å². The molecule has 0 bridgehead atoms. The summed E-state index contributed by atoms with van der Waals surface area (Å²) >= 11 is 0. The molecule has 1 aromatic heterocycles. The van der Waals surface area contributed by atoms with Crippen LogP contribution in [0.2, 0.25) is 0 Å². The molecule has 1 amide bonds. The number of hydrazone groups is 1. The van der Waals surface area contributed by atoms with Gasteiger partial charge in [0, 0.05) is 17.2 Å². The zero-order valence-electron chi connectivity index (χ0n) is 17.5. The smallest absolute Gasteiger partial charge is 0.505 e. The van der Waals surface area contributed by atoms with Crippen LogP contribution < -0.4 is 15.1 Å². The van der Waals surface area contributed by atoms with Gasteiger partial charge in [0.1, 0.15) is 17.8 Å². The van der Waals surface area contributed by atoms with Gasteiger partial charge >= 0.3 is 6.16 Å². The Labute approximate surface area is 193 Å². The molecule has 0 fully saturated rings. The van der Waals surface area contributed by atoms with Crippen LogP contribution in [0.25, 0.3) is 11.1 Å². The number of carbonyl (C=O) groups excluding carboxylic acids is 1. The number of amides is 1. The van der Waals surface area contributed by atoms with Gasteiger partial charge in [-0.15, -0.1) is 0 Å². The minimum atomic E-state index is -1.43. The van der Waals surface area contributed by atoms with E-state index in [4.69, 9.17) is 14.3 Å². The summed E-state index contributed by atoms with van der Waals surface area (Å²) in [7, 11) is 0. The minimum absolute atomic E-state index is 0.121. The first-order valence-electron chi connectivity index (χ1n) is 10.2. The number of fused-ring (bicyclic) bond motifs is 1. The minimum Gasteiger partial charge on any atom is -0.505 e. The normalized spacial score (nSPS) is 13.7. The molecule has 1 aliphatic rings. The highest BCUT2D eigenvalue weighted by Crippen LogP contribution is 2.38. The number of phenols is 1. The second-order valence-electron chi connectivity index (χ2n) is 7.31. The lowest BCUT2D eigenvalue weighted by molar-refractivity contribution is -0.111. The van der Waals surface area contributed by atoms with Gasteiger partial charge in [-0.1, -0.05) is 42.5 Å². The average Bonchev–Trinajstić information content (AvgIpc) is 3.44. The van der Waals surface area contributed by atoms with Crippen molar-refractivity contribution >= 4 is 34.8 Å². The van der Waals surface area contributed by atoms with Crippen molar-refractivity contribution in [3.05, 3.63) is 90.9 Å². The quantitative estimate of drug-likeness (QED) is 0.163. The number of nitrogens with zero attached hydrogens (tertiary/aromatic N) is 2. The number of hydrogen-bond acceptors (Lipinski definition) is 7. The predicted octanol–water partition coefficient (Wildman–Crippen LogP) is 5.20. The number of hydrogen-bond donors (Lipinski definition) is 3. The van der Waals surface area contributed by atoms with Crippen LogP contribution in [0.15, 0.2) is 94.8 Å². The number of benzene rings is 3. The third-order valence-corrected chi connectivity index (χ3v) is 5.24. The Morgan fingerprint density at radius 2 is 1.79 bits per heavy atom. The highest BCUT2D eigenvalue weighted by molar-refractivity contribution is 6.55. The summed E-state index contributed by atoms with van der Waals surface area (Å²) in [6, 6.07) is 20.2. The zero-order valence-corrected chi connectivity index (χ0v) is 17.5. The number of carboxylic acid groups (broad SMARTS) is 1. The van der Waals surface area contributed by atoms with Gasteiger partial charge in [-0.2, -0.15) is 5.10 Å². The van der Waals surface area contributed by atoms with Crippen LogP contribution in [-0.4, -0.2) is 28.0 Å². The van der Waals surface area contributed by atoms with E-state index < -0.39 is 6.16 Å². The van der Waals surface area contributed by atoms with Gasteiger partial charge in [0.05, 0.1) is 23.3 Å². The van der Waals surface area contributed by atoms with E-state index in [-0.39, 0.29) is 28.8 Å². The topological polar surface area (TPSA) is 125 Å². The van der Waals surface area contributed by atoms with Gasteiger partial charge in [-0.05, 0) is 29.8 Å². The Bertz CT molecular complexity index is 1430. The number of carbonyl (C=O) groups is 2. The summed E-state index contributed by atoms with van der Waals surface area (Å²) < 4.78 is 9.83. The van der Waals surface area contributed by atoms with E-state index in [1.165, 1.54) is 29.6 Å². The van der Waals surface area contributed by atoms with Crippen molar-refractivity contribution < 1.29 is 29.0 Å². The molecule has 1 aliphatic heterocycles. The summed E-state index contributed by atoms with van der Waals surface area (Å²) in [5.74, 6) is -0.343. The molecule has 0 saturated heterocycles. The van der Waals surface area contributed by atoms with E-state index in [1.807, 2.05) is 18.2 Å². The highest BCUT2D eigenvalue weighted by atomic mass is 16.7. The summed E-state index contributed by atoms with van der Waals surface area (Å²) in [6.45, 7) is 0. The van der Waals surface area contributed by atoms with E-state index in [1.54, 1.807) is 42.5 Å². The predicted molar refractivity (Wildman–Crippen MR) is 125 cm³/mol. The van der Waals surface area contributed by atoms with Gasteiger partial charge in [0.25, 0.3) is 5.91 Å². The summed E-state index contributed by atoms with van der Waals surface area (Å²) in [5.41, 5.74) is 6.09. The Balaban J connectivity index is 1.48. The Kier molecular flexibility index (Phi) is 5.19. The highest BCUT2D eigenvalue weighted by Gasteiger charge is 2.35. The van der Waals surface area contributed by atoms with E-state index in [2.05, 4.69) is 10.5 Å². The Morgan fingerprint density at radius 3 is 2.59 bits per heavy atom. The zero-order chi connectivity index (χ0) is 23.7. The van der Waals surface area contributed by atoms with Crippen LogP contribution in [-0.2, 0) is 4.79 Å². The molecule has 0 atom stereocenters.